The van der Waals surface area contributed by atoms with Gasteiger partial charge in [0.1, 0.15) is 4.32 Å². The van der Waals surface area contributed by atoms with Gasteiger partial charge in [-0.1, -0.05) is 12.2 Å². The maximum atomic E-state index is 4.81. The Labute approximate surface area is 85.0 Å². The van der Waals surface area contributed by atoms with Crippen LogP contribution in [0.3, 0.4) is 0 Å². The van der Waals surface area contributed by atoms with Gasteiger partial charge in [0.05, 0.1) is 0 Å². The van der Waals surface area contributed by atoms with Gasteiger partial charge in [0.25, 0.3) is 0 Å². The Morgan fingerprint density at radius 1 is 1.44 bits per heavy atom. The summed E-state index contributed by atoms with van der Waals surface area (Å²) >= 11 is 8.82. The second kappa shape index (κ2) is 7.17. The molecule has 56 valence electrons. The first-order valence-corrected chi connectivity index (χ1v) is 3.55. The van der Waals surface area contributed by atoms with Gasteiger partial charge < -0.3 is 4.90 Å². The maximum absolute atomic E-state index is 4.81. The number of thiocarbonyl (C=S) groups is 1. The molecule has 0 rings (SSSR count). The average Bonchev–Trinajstić information content (AvgIpc) is 1.69. The van der Waals surface area contributed by atoms with E-state index in [0.717, 1.165) is 13.1 Å². The van der Waals surface area contributed by atoms with E-state index >= 15 is 0 Å². The molecule has 0 atom stereocenters. The molecule has 0 radical (unpaired) electrons. The number of hydrogen-bond acceptors (Lipinski definition) is 1. The van der Waals surface area contributed by atoms with Crippen molar-refractivity contribution in [3.05, 3.63) is 0 Å². The molecule has 0 unspecified atom stereocenters. The van der Waals surface area contributed by atoms with Crippen molar-refractivity contribution in [2.45, 2.75) is 13.8 Å². The standard InChI is InChI=1S/C5H11NS2.Sb.3H/c1-3-6(4-2)5(7)8;;;;/h3-4H2,1-2H3,(H,7,8);;;;. The Morgan fingerprint density at radius 2 is 1.78 bits per heavy atom. The third-order valence-electron chi connectivity index (χ3n) is 1.03. The summed E-state index contributed by atoms with van der Waals surface area (Å²) < 4.78 is 0.690. The van der Waals surface area contributed by atoms with Crippen LogP contribution in [0.4, 0.5) is 0 Å². The summed E-state index contributed by atoms with van der Waals surface area (Å²) in [5.74, 6) is 0. The summed E-state index contributed by atoms with van der Waals surface area (Å²) in [5.41, 5.74) is 0. The number of rotatable bonds is 2. The third kappa shape index (κ3) is 5.50. The summed E-state index contributed by atoms with van der Waals surface area (Å²) in [7, 11) is 0. The fraction of sp³-hybridized carbons (Fsp3) is 0.800. The summed E-state index contributed by atoms with van der Waals surface area (Å²) in [6.07, 6.45) is 0. The van der Waals surface area contributed by atoms with E-state index < -0.39 is 0 Å². The van der Waals surface area contributed by atoms with E-state index in [1.807, 2.05) is 4.90 Å². The monoisotopic (exact) mass is 273 g/mol. The van der Waals surface area contributed by atoms with Crippen molar-refractivity contribution in [1.82, 2.24) is 4.90 Å². The zero-order valence-corrected chi connectivity index (χ0v) is 11.7. The fourth-order valence-electron chi connectivity index (χ4n) is 0.494. The molecule has 0 aliphatic carbocycles. The second-order valence-corrected chi connectivity index (χ2v) is 2.57. The molecule has 0 fully saturated rings. The van der Waals surface area contributed by atoms with Crippen LogP contribution >= 0.6 is 24.8 Å². The predicted molar refractivity (Wildman–Crippen MR) is 54.4 cm³/mol. The zero-order chi connectivity index (χ0) is 6.57. The van der Waals surface area contributed by atoms with E-state index in [9.17, 15) is 0 Å². The van der Waals surface area contributed by atoms with E-state index in [4.69, 9.17) is 12.2 Å². The van der Waals surface area contributed by atoms with E-state index in [1.165, 1.54) is 0 Å². The van der Waals surface area contributed by atoms with Crippen molar-refractivity contribution in [3.8, 4) is 0 Å². The summed E-state index contributed by atoms with van der Waals surface area (Å²) in [5, 5.41) is 0. The van der Waals surface area contributed by atoms with Gasteiger partial charge in [-0.25, -0.2) is 0 Å². The third-order valence-corrected chi connectivity index (χ3v) is 1.58. The van der Waals surface area contributed by atoms with E-state index in [-0.39, 0.29) is 24.4 Å². The Kier molecular flexibility index (Phi) is 10.1. The van der Waals surface area contributed by atoms with Gasteiger partial charge >= 0.3 is 24.4 Å². The molecule has 0 saturated heterocycles. The normalized spacial score (nSPS) is 7.89. The molecular weight excluding hydrogens is 260 g/mol. The molecule has 0 aromatic rings. The molecule has 0 aromatic carbocycles. The van der Waals surface area contributed by atoms with Crippen LogP contribution in [0.15, 0.2) is 0 Å². The van der Waals surface area contributed by atoms with Crippen molar-refractivity contribution in [3.63, 3.8) is 0 Å². The van der Waals surface area contributed by atoms with Gasteiger partial charge in [-0.05, 0) is 13.8 Å². The molecule has 0 aromatic heterocycles. The first kappa shape index (κ1) is 12.7. The first-order valence-electron chi connectivity index (χ1n) is 2.70. The van der Waals surface area contributed by atoms with Crippen LogP contribution in [-0.4, -0.2) is 46.7 Å². The molecule has 0 bridgehead atoms. The first-order chi connectivity index (χ1) is 3.72. The van der Waals surface area contributed by atoms with Crippen molar-refractivity contribution in [2.24, 2.45) is 0 Å². The van der Waals surface area contributed by atoms with Crippen LogP contribution < -0.4 is 0 Å². The topological polar surface area (TPSA) is 3.24 Å². The Balaban J connectivity index is 0. The minimum absolute atomic E-state index is 0. The van der Waals surface area contributed by atoms with Crippen LogP contribution in [0.5, 0.6) is 0 Å². The van der Waals surface area contributed by atoms with E-state index in [2.05, 4.69) is 26.5 Å². The summed E-state index contributed by atoms with van der Waals surface area (Å²) in [6, 6.07) is 0. The van der Waals surface area contributed by atoms with E-state index in [0.29, 0.717) is 4.32 Å². The summed E-state index contributed by atoms with van der Waals surface area (Å²) in [4.78, 5) is 2.01. The number of nitrogens with zero attached hydrogens (tertiary/aromatic N) is 1. The van der Waals surface area contributed by atoms with E-state index in [1.54, 1.807) is 0 Å². The van der Waals surface area contributed by atoms with Gasteiger partial charge in [0.2, 0.25) is 0 Å². The Bertz CT molecular complexity index is 83.0. The molecule has 0 aliphatic rings. The number of thiol groups is 1. The molecule has 4 heteroatoms. The van der Waals surface area contributed by atoms with Crippen LogP contribution in [0, 0.1) is 0 Å². The molecular formula is C5H14NS2Sb. The van der Waals surface area contributed by atoms with Crippen molar-refractivity contribution in [1.29, 1.82) is 0 Å². The Hall–Kier alpha value is 1.06. The quantitative estimate of drug-likeness (QED) is 0.440. The van der Waals surface area contributed by atoms with Crippen LogP contribution in [0.1, 0.15) is 13.8 Å². The predicted octanol–water partition coefficient (Wildman–Crippen LogP) is 0.359. The molecule has 9 heavy (non-hydrogen) atoms. The average molecular weight is 274 g/mol. The van der Waals surface area contributed by atoms with Crippen LogP contribution in [0.25, 0.3) is 0 Å². The Morgan fingerprint density at radius 3 is 1.78 bits per heavy atom. The van der Waals surface area contributed by atoms with Gasteiger partial charge in [-0.15, -0.1) is 12.6 Å². The SMILES string of the molecule is CCN(CC)C(=S)S.[SbH3]. The van der Waals surface area contributed by atoms with Gasteiger partial charge in [0, 0.05) is 13.1 Å². The van der Waals surface area contributed by atoms with Gasteiger partial charge in [-0.2, -0.15) is 0 Å². The van der Waals surface area contributed by atoms with Crippen molar-refractivity contribution >= 4 is 53.6 Å². The second-order valence-electron chi connectivity index (χ2n) is 1.45. The van der Waals surface area contributed by atoms with Gasteiger partial charge in [-0.3, -0.25) is 0 Å². The van der Waals surface area contributed by atoms with Gasteiger partial charge in [0.15, 0.2) is 0 Å². The fourth-order valence-corrected chi connectivity index (χ4v) is 1.04. The number of hydrogen-bond donors (Lipinski definition) is 1. The molecule has 0 aliphatic heterocycles. The molecule has 0 heterocycles. The van der Waals surface area contributed by atoms with Crippen molar-refractivity contribution in [2.75, 3.05) is 13.1 Å². The van der Waals surface area contributed by atoms with Crippen LogP contribution in [0.2, 0.25) is 0 Å². The molecule has 0 N–H and O–H groups in total. The minimum atomic E-state index is 0. The molecule has 1 nitrogen and oxygen atoms in total. The van der Waals surface area contributed by atoms with Crippen LogP contribution in [-0.2, 0) is 0 Å². The summed E-state index contributed by atoms with van der Waals surface area (Å²) in [6.45, 7) is 6.04. The zero-order valence-electron chi connectivity index (χ0n) is 5.92. The molecule has 0 spiro atoms. The molecule has 0 amide bonds. The molecule has 0 saturated carbocycles. The van der Waals surface area contributed by atoms with Crippen molar-refractivity contribution < 1.29 is 0 Å².